The minimum absolute atomic E-state index is 0.593. The standard InChI is InChI=1S/C16H15F2N/c17-15-7-6-14(9-16(15)18)19-10-11-2-1-3-13(8-11)12-4-5-12/h1-3,6-9,12,19H,4-5,10H2. The third kappa shape index (κ3) is 2.92. The van der Waals surface area contributed by atoms with Gasteiger partial charge in [-0.2, -0.15) is 0 Å². The average Bonchev–Trinajstić information content (AvgIpc) is 3.25. The summed E-state index contributed by atoms with van der Waals surface area (Å²) in [6.45, 7) is 0.617. The van der Waals surface area contributed by atoms with Gasteiger partial charge in [0.25, 0.3) is 0 Å². The Morgan fingerprint density at radius 1 is 1.00 bits per heavy atom. The Balaban J connectivity index is 1.68. The normalized spacial score (nSPS) is 14.4. The minimum atomic E-state index is -0.822. The Bertz CT molecular complexity index is 591. The van der Waals surface area contributed by atoms with Crippen LogP contribution in [0.4, 0.5) is 14.5 Å². The quantitative estimate of drug-likeness (QED) is 0.855. The molecule has 0 atom stereocenters. The fraction of sp³-hybridized carbons (Fsp3) is 0.250. The summed E-state index contributed by atoms with van der Waals surface area (Å²) in [7, 11) is 0. The molecule has 0 unspecified atom stereocenters. The number of hydrogen-bond acceptors (Lipinski definition) is 1. The Labute approximate surface area is 111 Å². The number of benzene rings is 2. The molecule has 1 fully saturated rings. The lowest BCUT2D eigenvalue weighted by Crippen LogP contribution is -2.00. The van der Waals surface area contributed by atoms with Crippen LogP contribution < -0.4 is 5.32 Å². The van der Waals surface area contributed by atoms with Gasteiger partial charge in [0.05, 0.1) is 0 Å². The van der Waals surface area contributed by atoms with Gasteiger partial charge in [-0.15, -0.1) is 0 Å². The van der Waals surface area contributed by atoms with Gasteiger partial charge < -0.3 is 5.32 Å². The van der Waals surface area contributed by atoms with Gasteiger partial charge in [-0.3, -0.25) is 0 Å². The second-order valence-electron chi connectivity index (χ2n) is 5.00. The van der Waals surface area contributed by atoms with Gasteiger partial charge >= 0.3 is 0 Å². The SMILES string of the molecule is Fc1ccc(NCc2cccc(C3CC3)c2)cc1F. The Hall–Kier alpha value is -1.90. The van der Waals surface area contributed by atoms with Crippen molar-refractivity contribution >= 4 is 5.69 Å². The van der Waals surface area contributed by atoms with Crippen LogP contribution in [-0.2, 0) is 6.54 Å². The number of halogens is 2. The van der Waals surface area contributed by atoms with E-state index < -0.39 is 11.6 Å². The third-order valence-electron chi connectivity index (χ3n) is 3.42. The maximum absolute atomic E-state index is 13.1. The highest BCUT2D eigenvalue weighted by molar-refractivity contribution is 5.44. The average molecular weight is 259 g/mol. The van der Waals surface area contributed by atoms with Crippen LogP contribution in [0.1, 0.15) is 29.9 Å². The summed E-state index contributed by atoms with van der Waals surface area (Å²) >= 11 is 0. The molecule has 0 amide bonds. The summed E-state index contributed by atoms with van der Waals surface area (Å²) in [4.78, 5) is 0. The van der Waals surface area contributed by atoms with E-state index >= 15 is 0 Å². The first kappa shape index (κ1) is 12.2. The summed E-state index contributed by atoms with van der Waals surface area (Å²) in [5.74, 6) is -0.916. The number of nitrogens with one attached hydrogen (secondary N) is 1. The van der Waals surface area contributed by atoms with Crippen molar-refractivity contribution in [3.05, 3.63) is 65.2 Å². The summed E-state index contributed by atoms with van der Waals surface area (Å²) in [6.07, 6.45) is 2.56. The van der Waals surface area contributed by atoms with E-state index in [1.165, 1.54) is 24.5 Å². The molecule has 2 aromatic rings. The Kier molecular flexibility index (Phi) is 3.20. The lowest BCUT2D eigenvalue weighted by atomic mass is 10.1. The van der Waals surface area contributed by atoms with Crippen molar-refractivity contribution in [2.24, 2.45) is 0 Å². The molecular weight excluding hydrogens is 244 g/mol. The number of rotatable bonds is 4. The molecule has 0 aromatic heterocycles. The third-order valence-corrected chi connectivity index (χ3v) is 3.42. The van der Waals surface area contributed by atoms with Crippen LogP contribution in [-0.4, -0.2) is 0 Å². The molecule has 1 aliphatic carbocycles. The van der Waals surface area contributed by atoms with E-state index in [2.05, 4.69) is 23.5 Å². The van der Waals surface area contributed by atoms with Crippen LogP contribution in [0.5, 0.6) is 0 Å². The van der Waals surface area contributed by atoms with Gasteiger partial charge in [0.1, 0.15) is 0 Å². The van der Waals surface area contributed by atoms with E-state index in [-0.39, 0.29) is 0 Å². The van der Waals surface area contributed by atoms with Crippen molar-refractivity contribution in [1.29, 1.82) is 0 Å². The molecule has 0 radical (unpaired) electrons. The minimum Gasteiger partial charge on any atom is -0.381 e. The first-order valence-corrected chi connectivity index (χ1v) is 6.50. The molecule has 3 rings (SSSR count). The van der Waals surface area contributed by atoms with Crippen molar-refractivity contribution < 1.29 is 8.78 Å². The van der Waals surface area contributed by atoms with Crippen molar-refractivity contribution in [2.45, 2.75) is 25.3 Å². The molecule has 0 heterocycles. The van der Waals surface area contributed by atoms with Crippen LogP contribution in [0, 0.1) is 11.6 Å². The second kappa shape index (κ2) is 5.00. The second-order valence-corrected chi connectivity index (χ2v) is 5.00. The Morgan fingerprint density at radius 3 is 2.58 bits per heavy atom. The summed E-state index contributed by atoms with van der Waals surface area (Å²) in [6, 6.07) is 12.3. The zero-order valence-electron chi connectivity index (χ0n) is 10.5. The molecule has 98 valence electrons. The maximum Gasteiger partial charge on any atom is 0.160 e. The molecule has 1 saturated carbocycles. The molecular formula is C16H15F2N. The monoisotopic (exact) mass is 259 g/mol. The van der Waals surface area contributed by atoms with Crippen LogP contribution in [0.2, 0.25) is 0 Å². The summed E-state index contributed by atoms with van der Waals surface area (Å²) in [5, 5.41) is 3.11. The predicted molar refractivity (Wildman–Crippen MR) is 72.1 cm³/mol. The molecule has 0 bridgehead atoms. The van der Waals surface area contributed by atoms with Gasteiger partial charge in [-0.25, -0.2) is 8.78 Å². The number of anilines is 1. The molecule has 1 nitrogen and oxygen atoms in total. The molecule has 19 heavy (non-hydrogen) atoms. The largest absolute Gasteiger partial charge is 0.381 e. The lowest BCUT2D eigenvalue weighted by Gasteiger charge is -2.08. The molecule has 0 spiro atoms. The van der Waals surface area contributed by atoms with Gasteiger partial charge in [0.15, 0.2) is 11.6 Å². The highest BCUT2D eigenvalue weighted by Crippen LogP contribution is 2.40. The summed E-state index contributed by atoms with van der Waals surface area (Å²) < 4.78 is 25.9. The first-order valence-electron chi connectivity index (χ1n) is 6.50. The fourth-order valence-electron chi connectivity index (χ4n) is 2.18. The van der Waals surface area contributed by atoms with Gasteiger partial charge in [-0.1, -0.05) is 24.3 Å². The van der Waals surface area contributed by atoms with Crippen molar-refractivity contribution in [3.63, 3.8) is 0 Å². The van der Waals surface area contributed by atoms with Crippen LogP contribution in [0.25, 0.3) is 0 Å². The van der Waals surface area contributed by atoms with E-state index in [0.717, 1.165) is 17.5 Å². The van der Waals surface area contributed by atoms with Gasteiger partial charge in [0, 0.05) is 18.3 Å². The van der Waals surface area contributed by atoms with Crippen molar-refractivity contribution in [3.8, 4) is 0 Å². The van der Waals surface area contributed by atoms with E-state index in [9.17, 15) is 8.78 Å². The van der Waals surface area contributed by atoms with Gasteiger partial charge in [-0.05, 0) is 42.0 Å². The predicted octanol–water partition coefficient (Wildman–Crippen LogP) is 4.45. The highest BCUT2D eigenvalue weighted by atomic mass is 19.2. The first-order chi connectivity index (χ1) is 9.22. The van der Waals surface area contributed by atoms with Crippen molar-refractivity contribution in [1.82, 2.24) is 0 Å². The molecule has 0 aliphatic heterocycles. The zero-order chi connectivity index (χ0) is 13.2. The van der Waals surface area contributed by atoms with E-state index in [0.29, 0.717) is 12.2 Å². The van der Waals surface area contributed by atoms with E-state index in [1.54, 1.807) is 6.07 Å². The fourth-order valence-corrected chi connectivity index (χ4v) is 2.18. The van der Waals surface area contributed by atoms with Crippen LogP contribution in [0.15, 0.2) is 42.5 Å². The highest BCUT2D eigenvalue weighted by Gasteiger charge is 2.23. The topological polar surface area (TPSA) is 12.0 Å². The number of hydrogen-bond donors (Lipinski definition) is 1. The smallest absolute Gasteiger partial charge is 0.160 e. The van der Waals surface area contributed by atoms with Crippen molar-refractivity contribution in [2.75, 3.05) is 5.32 Å². The van der Waals surface area contributed by atoms with E-state index in [4.69, 9.17) is 0 Å². The summed E-state index contributed by atoms with van der Waals surface area (Å²) in [5.41, 5.74) is 3.13. The van der Waals surface area contributed by atoms with Crippen LogP contribution in [0.3, 0.4) is 0 Å². The molecule has 3 heteroatoms. The molecule has 1 N–H and O–H groups in total. The lowest BCUT2D eigenvalue weighted by molar-refractivity contribution is 0.509. The molecule has 0 saturated heterocycles. The van der Waals surface area contributed by atoms with Crippen LogP contribution >= 0.6 is 0 Å². The maximum atomic E-state index is 13.1. The zero-order valence-corrected chi connectivity index (χ0v) is 10.5. The molecule has 1 aliphatic rings. The Morgan fingerprint density at radius 2 is 1.84 bits per heavy atom. The van der Waals surface area contributed by atoms with E-state index in [1.807, 2.05) is 6.07 Å². The molecule has 2 aromatic carbocycles. The van der Waals surface area contributed by atoms with Gasteiger partial charge in [0.2, 0.25) is 0 Å².